The highest BCUT2D eigenvalue weighted by Crippen LogP contribution is 2.49. The summed E-state index contributed by atoms with van der Waals surface area (Å²) in [6.45, 7) is 0. The van der Waals surface area contributed by atoms with Crippen LogP contribution in [-0.4, -0.2) is 4.57 Å². The number of benzene rings is 12. The Kier molecular flexibility index (Phi) is 10.9. The van der Waals surface area contributed by atoms with Gasteiger partial charge in [0.1, 0.15) is 0 Å². The van der Waals surface area contributed by atoms with Crippen molar-refractivity contribution in [2.75, 3.05) is 4.90 Å². The van der Waals surface area contributed by atoms with Gasteiger partial charge in [-0.1, -0.05) is 231 Å². The highest BCUT2D eigenvalue weighted by molar-refractivity contribution is 6.16. The van der Waals surface area contributed by atoms with Crippen LogP contribution in [0.3, 0.4) is 0 Å². The fourth-order valence-electron chi connectivity index (χ4n) is 10.8. The second-order valence-electron chi connectivity index (χ2n) is 18.4. The van der Waals surface area contributed by atoms with Crippen LogP contribution in [0, 0.1) is 0 Å². The molecule has 0 radical (unpaired) electrons. The Morgan fingerprint density at radius 2 is 0.778 bits per heavy atom. The zero-order valence-corrected chi connectivity index (χ0v) is 39.6. The summed E-state index contributed by atoms with van der Waals surface area (Å²) in [5.41, 5.74) is 20.8. The molecule has 13 rings (SSSR count). The summed E-state index contributed by atoms with van der Waals surface area (Å²) in [6.07, 6.45) is 0. The summed E-state index contributed by atoms with van der Waals surface area (Å²) in [7, 11) is 0. The third-order valence-corrected chi connectivity index (χ3v) is 14.2. The molecule has 0 unspecified atom stereocenters. The maximum atomic E-state index is 2.47. The van der Waals surface area contributed by atoms with Crippen molar-refractivity contribution in [3.05, 3.63) is 291 Å². The zero-order chi connectivity index (χ0) is 47.8. The molecule has 2 heteroatoms. The van der Waals surface area contributed by atoms with E-state index in [1.165, 1.54) is 77.1 Å². The van der Waals surface area contributed by atoms with E-state index in [2.05, 4.69) is 301 Å². The second kappa shape index (κ2) is 18.4. The van der Waals surface area contributed by atoms with Gasteiger partial charge in [0.15, 0.2) is 0 Å². The number of aromatic nitrogens is 1. The van der Waals surface area contributed by atoms with Crippen molar-refractivity contribution >= 4 is 49.6 Å². The largest absolute Gasteiger partial charge is 0.310 e. The van der Waals surface area contributed by atoms with Crippen molar-refractivity contribution in [1.82, 2.24) is 4.57 Å². The topological polar surface area (TPSA) is 8.17 Å². The molecule has 0 atom stereocenters. The third-order valence-electron chi connectivity index (χ3n) is 14.2. The van der Waals surface area contributed by atoms with Gasteiger partial charge in [0.25, 0.3) is 0 Å². The first-order chi connectivity index (χ1) is 35.7. The van der Waals surface area contributed by atoms with Gasteiger partial charge in [-0.2, -0.15) is 0 Å². The van der Waals surface area contributed by atoms with Crippen molar-refractivity contribution in [2.24, 2.45) is 0 Å². The molecule has 1 aromatic heterocycles. The standard InChI is InChI=1S/C70H48N2/c1-4-20-53(21-5-1)61-29-12-13-30-64(61)69-62(54-22-6-2-7-23-54)32-17-35-67(69)71(59-45-43-51(44-46-59)50-37-39-52(40-38-50)56-42-41-49-19-10-11-24-55(49)47-56)60-28-16-25-57(48-60)63-33-18-36-68-70(63)65-31-14-15-34-66(65)72(68)58-26-8-3-9-27-58/h1-48H. The van der Waals surface area contributed by atoms with Gasteiger partial charge in [-0.25, -0.2) is 0 Å². The third kappa shape index (κ3) is 7.73. The maximum absolute atomic E-state index is 2.47. The molecule has 0 N–H and O–H groups in total. The first kappa shape index (κ1) is 42.6. The molecule has 0 spiro atoms. The number of rotatable bonds is 10. The predicted octanol–water partition coefficient (Wildman–Crippen LogP) is 19.4. The van der Waals surface area contributed by atoms with Crippen LogP contribution < -0.4 is 4.90 Å². The molecule has 0 bridgehead atoms. The van der Waals surface area contributed by atoms with Gasteiger partial charge in [0, 0.05) is 33.4 Å². The van der Waals surface area contributed by atoms with Crippen LogP contribution >= 0.6 is 0 Å². The smallest absolute Gasteiger partial charge is 0.0547 e. The first-order valence-electron chi connectivity index (χ1n) is 24.7. The molecule has 0 saturated heterocycles. The molecule has 13 aromatic rings. The number of hydrogen-bond acceptors (Lipinski definition) is 1. The molecule has 0 amide bonds. The Labute approximate surface area is 420 Å². The summed E-state index contributed by atoms with van der Waals surface area (Å²) < 4.78 is 2.40. The zero-order valence-electron chi connectivity index (χ0n) is 39.6. The van der Waals surface area contributed by atoms with Gasteiger partial charge >= 0.3 is 0 Å². The lowest BCUT2D eigenvalue weighted by molar-refractivity contribution is 1.18. The Balaban J connectivity index is 0.995. The van der Waals surface area contributed by atoms with Gasteiger partial charge in [0.2, 0.25) is 0 Å². The van der Waals surface area contributed by atoms with E-state index in [1.807, 2.05) is 0 Å². The van der Waals surface area contributed by atoms with Gasteiger partial charge < -0.3 is 9.47 Å². The van der Waals surface area contributed by atoms with Gasteiger partial charge in [0.05, 0.1) is 16.7 Å². The normalized spacial score (nSPS) is 11.3. The van der Waals surface area contributed by atoms with Crippen LogP contribution in [0.25, 0.3) is 105 Å². The molecule has 0 aliphatic heterocycles. The van der Waals surface area contributed by atoms with Crippen LogP contribution in [-0.2, 0) is 0 Å². The summed E-state index contributed by atoms with van der Waals surface area (Å²) in [5, 5.41) is 4.96. The molecule has 72 heavy (non-hydrogen) atoms. The fourth-order valence-corrected chi connectivity index (χ4v) is 10.8. The highest BCUT2D eigenvalue weighted by Gasteiger charge is 2.24. The lowest BCUT2D eigenvalue weighted by atomic mass is 9.87. The molecule has 0 aliphatic carbocycles. The van der Waals surface area contributed by atoms with E-state index >= 15 is 0 Å². The van der Waals surface area contributed by atoms with Crippen molar-refractivity contribution < 1.29 is 0 Å². The average Bonchev–Trinajstić information content (AvgIpc) is 3.81. The SMILES string of the molecule is c1ccc(-c2ccccc2-c2c(-c3ccccc3)cccc2N(c2ccc(-c3ccc(-c4ccc5ccccc5c4)cc3)cc2)c2cccc(-c3cccc4c3c3ccccc3n4-c3ccccc3)c2)cc1. The monoisotopic (exact) mass is 916 g/mol. The number of anilines is 3. The number of para-hydroxylation sites is 2. The average molecular weight is 917 g/mol. The summed E-state index contributed by atoms with van der Waals surface area (Å²) in [6, 6.07) is 106. The van der Waals surface area contributed by atoms with Crippen LogP contribution in [0.5, 0.6) is 0 Å². The van der Waals surface area contributed by atoms with E-state index in [9.17, 15) is 0 Å². The lowest BCUT2D eigenvalue weighted by Crippen LogP contribution is -2.12. The minimum Gasteiger partial charge on any atom is -0.310 e. The Morgan fingerprint density at radius 3 is 1.53 bits per heavy atom. The number of fused-ring (bicyclic) bond motifs is 4. The van der Waals surface area contributed by atoms with Gasteiger partial charge in [-0.15, -0.1) is 0 Å². The highest BCUT2D eigenvalue weighted by atomic mass is 15.1. The molecule has 338 valence electrons. The summed E-state index contributed by atoms with van der Waals surface area (Å²) in [5.74, 6) is 0. The first-order valence-corrected chi connectivity index (χ1v) is 24.7. The Morgan fingerprint density at radius 1 is 0.264 bits per heavy atom. The molecular formula is C70H48N2. The van der Waals surface area contributed by atoms with Gasteiger partial charge in [-0.3, -0.25) is 0 Å². The molecular weight excluding hydrogens is 869 g/mol. The van der Waals surface area contributed by atoms with E-state index in [0.29, 0.717) is 0 Å². The predicted molar refractivity (Wildman–Crippen MR) is 306 cm³/mol. The summed E-state index contributed by atoms with van der Waals surface area (Å²) >= 11 is 0. The molecule has 2 nitrogen and oxygen atoms in total. The molecule has 12 aromatic carbocycles. The molecule has 1 heterocycles. The quantitative estimate of drug-likeness (QED) is 0.133. The van der Waals surface area contributed by atoms with E-state index in [1.54, 1.807) is 0 Å². The van der Waals surface area contributed by atoms with Crippen molar-refractivity contribution in [2.45, 2.75) is 0 Å². The van der Waals surface area contributed by atoms with Gasteiger partial charge in [-0.05, 0) is 133 Å². The van der Waals surface area contributed by atoms with E-state index < -0.39 is 0 Å². The Hall–Kier alpha value is -9.50. The Bertz CT molecular complexity index is 4060. The van der Waals surface area contributed by atoms with Crippen LogP contribution in [0.2, 0.25) is 0 Å². The van der Waals surface area contributed by atoms with Crippen molar-refractivity contribution in [3.63, 3.8) is 0 Å². The summed E-state index contributed by atoms with van der Waals surface area (Å²) in [4.78, 5) is 2.47. The van der Waals surface area contributed by atoms with Crippen molar-refractivity contribution in [1.29, 1.82) is 0 Å². The second-order valence-corrected chi connectivity index (χ2v) is 18.4. The minimum absolute atomic E-state index is 1.06. The molecule has 0 fully saturated rings. The number of hydrogen-bond donors (Lipinski definition) is 0. The van der Waals surface area contributed by atoms with Crippen LogP contribution in [0.1, 0.15) is 0 Å². The fraction of sp³-hybridized carbons (Fsp3) is 0. The van der Waals surface area contributed by atoms with Crippen molar-refractivity contribution in [3.8, 4) is 72.4 Å². The number of nitrogens with zero attached hydrogens (tertiary/aromatic N) is 2. The molecule has 0 saturated carbocycles. The molecule has 0 aliphatic rings. The maximum Gasteiger partial charge on any atom is 0.0547 e. The van der Waals surface area contributed by atoms with E-state index in [0.717, 1.165) is 45.0 Å². The van der Waals surface area contributed by atoms with Crippen LogP contribution in [0.15, 0.2) is 291 Å². The minimum atomic E-state index is 1.06. The van der Waals surface area contributed by atoms with E-state index in [4.69, 9.17) is 0 Å². The lowest BCUT2D eigenvalue weighted by Gasteiger charge is -2.30. The van der Waals surface area contributed by atoms with Crippen LogP contribution in [0.4, 0.5) is 17.1 Å². The van der Waals surface area contributed by atoms with E-state index in [-0.39, 0.29) is 0 Å².